The largest absolute Gasteiger partial charge is 0.545 e. The molecule has 0 spiro atoms. The Morgan fingerprint density at radius 3 is 1.50 bits per heavy atom. The topological polar surface area (TPSA) is 60.4 Å². The highest BCUT2D eigenvalue weighted by Crippen LogP contribution is 2.61. The molecule has 3 nitrogen and oxygen atoms in total. The van der Waals surface area contributed by atoms with Crippen molar-refractivity contribution >= 4 is 5.97 Å². The van der Waals surface area contributed by atoms with Crippen molar-refractivity contribution in [2.24, 2.45) is 0 Å². The van der Waals surface area contributed by atoms with E-state index in [2.05, 4.69) is 0 Å². The fourth-order valence-corrected chi connectivity index (χ4v) is 1.86. The van der Waals surface area contributed by atoms with Crippen LogP contribution in [0.1, 0.15) is 20.3 Å². The van der Waals surface area contributed by atoms with Crippen molar-refractivity contribution < 1.29 is 63.3 Å². The molecule has 1 unspecified atom stereocenters. The maximum absolute atomic E-state index is 13.9. The van der Waals surface area contributed by atoms with Crippen LogP contribution in [-0.2, 0) is 4.79 Å². The third kappa shape index (κ3) is 3.74. The maximum Gasteiger partial charge on any atom is 0.438 e. The summed E-state index contributed by atoms with van der Waals surface area (Å²) < 4.78 is 143. The summed E-state index contributed by atoms with van der Waals surface area (Å²) in [7, 11) is 0. The number of aliphatic carboxylic acids is 1. The molecule has 1 N–H and O–H groups in total. The first-order valence-electron chi connectivity index (χ1n) is 6.33. The van der Waals surface area contributed by atoms with Crippen LogP contribution in [-0.4, -0.2) is 47.0 Å². The minimum absolute atomic E-state index is 0.109. The first-order chi connectivity index (χ1) is 11.2. The molecular formula is C12H10F11O3-. The Kier molecular flexibility index (Phi) is 6.43. The number of hydrogen-bond acceptors (Lipinski definition) is 3. The Balaban J connectivity index is 6.88. The first-order valence-corrected chi connectivity index (χ1v) is 6.33. The third-order valence-corrected chi connectivity index (χ3v) is 3.25. The number of alkyl halides is 11. The number of carboxylic acids is 1. The van der Waals surface area contributed by atoms with Gasteiger partial charge in [0.2, 0.25) is 0 Å². The monoisotopic (exact) mass is 411 g/mol. The Labute approximate surface area is 138 Å². The van der Waals surface area contributed by atoms with E-state index in [9.17, 15) is 58.2 Å². The molecule has 0 aromatic carbocycles. The van der Waals surface area contributed by atoms with Gasteiger partial charge in [0.25, 0.3) is 0 Å². The number of halogens is 11. The number of carbonyl (C=O) groups excluding carboxylic acids is 1. The molecule has 0 radical (unpaired) electrons. The Morgan fingerprint density at radius 2 is 1.27 bits per heavy atom. The smallest absolute Gasteiger partial charge is 0.438 e. The first kappa shape index (κ1) is 24.4. The SMILES string of the molecule is C/C(C(=O)[O-])=C(/CC(C)O)C(F)(F)C(F)(F)C(F)(C(F)(F)F)C(F)(F)F. The molecule has 0 saturated heterocycles. The van der Waals surface area contributed by atoms with Gasteiger partial charge in [-0.2, -0.15) is 43.9 Å². The van der Waals surface area contributed by atoms with Crippen LogP contribution in [0.25, 0.3) is 0 Å². The van der Waals surface area contributed by atoms with Crippen LogP contribution in [0.4, 0.5) is 48.3 Å². The summed E-state index contributed by atoms with van der Waals surface area (Å²) in [5.74, 6) is -16.8. The van der Waals surface area contributed by atoms with Crippen LogP contribution < -0.4 is 5.11 Å². The lowest BCUT2D eigenvalue weighted by atomic mass is 9.84. The summed E-state index contributed by atoms with van der Waals surface area (Å²) in [6.07, 6.45) is -19.0. The van der Waals surface area contributed by atoms with Gasteiger partial charge in [-0.1, -0.05) is 0 Å². The summed E-state index contributed by atoms with van der Waals surface area (Å²) in [5.41, 5.74) is -12.2. The fraction of sp³-hybridized carbons (Fsp3) is 0.750. The number of carbonyl (C=O) groups is 1. The van der Waals surface area contributed by atoms with Gasteiger partial charge in [0.1, 0.15) is 0 Å². The van der Waals surface area contributed by atoms with Crippen molar-refractivity contribution in [1.29, 1.82) is 0 Å². The highest BCUT2D eigenvalue weighted by molar-refractivity contribution is 5.85. The van der Waals surface area contributed by atoms with Crippen molar-refractivity contribution in [2.45, 2.75) is 56.2 Å². The minimum Gasteiger partial charge on any atom is -0.545 e. The summed E-state index contributed by atoms with van der Waals surface area (Å²) in [6.45, 7) is 0.700. The molecule has 0 aromatic heterocycles. The number of carboxylic acid groups (broad SMARTS) is 1. The lowest BCUT2D eigenvalue weighted by Gasteiger charge is -2.41. The molecule has 0 bridgehead atoms. The van der Waals surface area contributed by atoms with Crippen LogP contribution >= 0.6 is 0 Å². The minimum atomic E-state index is -7.72. The second-order valence-corrected chi connectivity index (χ2v) is 5.25. The van der Waals surface area contributed by atoms with E-state index in [1.54, 1.807) is 0 Å². The fourth-order valence-electron chi connectivity index (χ4n) is 1.86. The molecule has 0 saturated carbocycles. The average Bonchev–Trinajstić information content (AvgIpc) is 2.39. The normalized spacial score (nSPS) is 17.0. The van der Waals surface area contributed by atoms with E-state index in [1.165, 1.54) is 0 Å². The summed E-state index contributed by atoms with van der Waals surface area (Å²) in [5, 5.41) is 19.5. The highest BCUT2D eigenvalue weighted by Gasteiger charge is 2.90. The molecule has 1 atom stereocenters. The van der Waals surface area contributed by atoms with Gasteiger partial charge in [0.15, 0.2) is 0 Å². The number of hydrogen-bond donors (Lipinski definition) is 1. The molecule has 154 valence electrons. The predicted octanol–water partition coefficient (Wildman–Crippen LogP) is 2.93. The molecule has 0 aliphatic rings. The van der Waals surface area contributed by atoms with Gasteiger partial charge in [-0.05, 0) is 19.4 Å². The zero-order chi connectivity index (χ0) is 21.5. The van der Waals surface area contributed by atoms with Crippen molar-refractivity contribution in [3.8, 4) is 0 Å². The summed E-state index contributed by atoms with van der Waals surface area (Å²) in [6, 6.07) is 0. The van der Waals surface area contributed by atoms with Crippen molar-refractivity contribution in [3.05, 3.63) is 11.1 Å². The van der Waals surface area contributed by atoms with E-state index in [-0.39, 0.29) is 6.92 Å². The zero-order valence-corrected chi connectivity index (χ0v) is 12.7. The lowest BCUT2D eigenvalue weighted by molar-refractivity contribution is -0.422. The van der Waals surface area contributed by atoms with Gasteiger partial charge in [-0.3, -0.25) is 0 Å². The summed E-state index contributed by atoms with van der Waals surface area (Å²) >= 11 is 0. The van der Waals surface area contributed by atoms with E-state index < -0.39 is 59.5 Å². The number of rotatable bonds is 6. The Hall–Kier alpha value is -1.60. The molecule has 0 fully saturated rings. The van der Waals surface area contributed by atoms with Gasteiger partial charge in [-0.25, -0.2) is 4.39 Å². The van der Waals surface area contributed by atoms with Gasteiger partial charge < -0.3 is 15.0 Å². The number of aliphatic hydroxyl groups excluding tert-OH is 1. The average molecular weight is 411 g/mol. The lowest BCUT2D eigenvalue weighted by Crippen LogP contribution is -2.70. The van der Waals surface area contributed by atoms with E-state index in [1.807, 2.05) is 0 Å². The van der Waals surface area contributed by atoms with Gasteiger partial charge in [0.05, 0.1) is 12.1 Å². The van der Waals surface area contributed by atoms with E-state index >= 15 is 0 Å². The van der Waals surface area contributed by atoms with Crippen LogP contribution in [0.2, 0.25) is 0 Å². The van der Waals surface area contributed by atoms with Crippen LogP contribution in [0.5, 0.6) is 0 Å². The molecule has 0 amide bonds. The molecular weight excluding hydrogens is 401 g/mol. The van der Waals surface area contributed by atoms with Crippen molar-refractivity contribution in [2.75, 3.05) is 0 Å². The standard InChI is InChI=1S/C12H11F11O3/c1-4(24)3-6(5(2)7(25)26)8(13,14)10(16,17)9(15,11(18,19)20)12(21,22)23/h4,24H,3H2,1-2H3,(H,25,26)/p-1/b6-5+. The third-order valence-electron chi connectivity index (χ3n) is 3.25. The highest BCUT2D eigenvalue weighted by atomic mass is 19.4. The molecule has 14 heteroatoms. The van der Waals surface area contributed by atoms with E-state index in [0.29, 0.717) is 6.92 Å². The zero-order valence-electron chi connectivity index (χ0n) is 12.7. The van der Waals surface area contributed by atoms with Crippen LogP contribution in [0.15, 0.2) is 11.1 Å². The van der Waals surface area contributed by atoms with E-state index in [0.717, 1.165) is 0 Å². The second kappa shape index (κ2) is 6.85. The second-order valence-electron chi connectivity index (χ2n) is 5.25. The molecule has 0 rings (SSSR count). The quantitative estimate of drug-likeness (QED) is 0.540. The van der Waals surface area contributed by atoms with Gasteiger partial charge in [0, 0.05) is 12.0 Å². The molecule has 0 aliphatic heterocycles. The molecule has 0 aromatic rings. The maximum atomic E-state index is 13.9. The van der Waals surface area contributed by atoms with Crippen LogP contribution in [0, 0.1) is 0 Å². The van der Waals surface area contributed by atoms with Gasteiger partial charge in [-0.15, -0.1) is 0 Å². The van der Waals surface area contributed by atoms with E-state index in [4.69, 9.17) is 5.11 Å². The van der Waals surface area contributed by atoms with Gasteiger partial charge >= 0.3 is 29.9 Å². The van der Waals surface area contributed by atoms with Crippen molar-refractivity contribution in [3.63, 3.8) is 0 Å². The Morgan fingerprint density at radius 1 is 0.923 bits per heavy atom. The summed E-state index contributed by atoms with van der Waals surface area (Å²) in [4.78, 5) is 10.6. The number of aliphatic hydroxyl groups is 1. The Bertz CT molecular complexity index is 558. The predicted molar refractivity (Wildman–Crippen MR) is 59.8 cm³/mol. The molecule has 0 aliphatic carbocycles. The van der Waals surface area contributed by atoms with Crippen LogP contribution in [0.3, 0.4) is 0 Å². The van der Waals surface area contributed by atoms with Crippen molar-refractivity contribution in [1.82, 2.24) is 0 Å². The molecule has 0 heterocycles. The molecule has 26 heavy (non-hydrogen) atoms.